The SMILES string of the molecule is CN(C)C(=C/C=C/C=C/N=Nc1ccc([N+](=O)[O-])cc1[N+](=O)[O-])N(C)C. The molecule has 0 radical (unpaired) electrons. The van der Waals surface area contributed by atoms with Gasteiger partial charge in [-0.25, -0.2) is 0 Å². The van der Waals surface area contributed by atoms with Crippen molar-refractivity contribution in [2.24, 2.45) is 10.2 Å². The number of nitro groups is 2. The zero-order chi connectivity index (χ0) is 19.7. The van der Waals surface area contributed by atoms with E-state index in [1.807, 2.05) is 50.1 Å². The van der Waals surface area contributed by atoms with E-state index in [1.165, 1.54) is 12.3 Å². The van der Waals surface area contributed by atoms with E-state index in [9.17, 15) is 20.2 Å². The lowest BCUT2D eigenvalue weighted by Crippen LogP contribution is -2.24. The first-order valence-corrected chi connectivity index (χ1v) is 7.46. The maximum atomic E-state index is 11.0. The van der Waals surface area contributed by atoms with E-state index in [4.69, 9.17) is 0 Å². The zero-order valence-corrected chi connectivity index (χ0v) is 14.9. The van der Waals surface area contributed by atoms with Crippen molar-refractivity contribution in [1.82, 2.24) is 9.80 Å². The zero-order valence-electron chi connectivity index (χ0n) is 14.9. The molecule has 0 saturated carbocycles. The van der Waals surface area contributed by atoms with Crippen molar-refractivity contribution in [3.05, 3.63) is 74.8 Å². The lowest BCUT2D eigenvalue weighted by Gasteiger charge is -2.23. The highest BCUT2D eigenvalue weighted by atomic mass is 16.6. The maximum absolute atomic E-state index is 11.0. The first kappa shape index (κ1) is 20.5. The van der Waals surface area contributed by atoms with Crippen molar-refractivity contribution >= 4 is 17.1 Å². The van der Waals surface area contributed by atoms with Gasteiger partial charge in [0.15, 0.2) is 5.69 Å². The van der Waals surface area contributed by atoms with Crippen LogP contribution in [0.1, 0.15) is 0 Å². The van der Waals surface area contributed by atoms with Crippen LogP contribution in [0.5, 0.6) is 0 Å². The predicted octanol–water partition coefficient (Wildman–Crippen LogP) is 3.62. The average molecular weight is 360 g/mol. The van der Waals surface area contributed by atoms with Crippen LogP contribution in [-0.4, -0.2) is 47.8 Å². The number of azo groups is 1. The second kappa shape index (κ2) is 9.67. The summed E-state index contributed by atoms with van der Waals surface area (Å²) in [5.41, 5.74) is -0.911. The van der Waals surface area contributed by atoms with E-state index in [0.29, 0.717) is 0 Å². The second-order valence-electron chi connectivity index (χ2n) is 5.44. The van der Waals surface area contributed by atoms with Crippen molar-refractivity contribution in [1.29, 1.82) is 0 Å². The molecule has 1 rings (SSSR count). The van der Waals surface area contributed by atoms with Gasteiger partial charge in [0.2, 0.25) is 0 Å². The van der Waals surface area contributed by atoms with Gasteiger partial charge in [-0.2, -0.15) is 5.11 Å². The Bertz CT molecular complexity index is 771. The highest BCUT2D eigenvalue weighted by Gasteiger charge is 2.19. The molecule has 1 aromatic rings. The van der Waals surface area contributed by atoms with Crippen molar-refractivity contribution in [3.8, 4) is 0 Å². The molecule has 26 heavy (non-hydrogen) atoms. The minimum atomic E-state index is -0.736. The van der Waals surface area contributed by atoms with Gasteiger partial charge in [-0.05, 0) is 18.2 Å². The molecule has 0 amide bonds. The third-order valence-electron chi connectivity index (χ3n) is 3.07. The number of non-ortho nitro benzene ring substituents is 1. The largest absolute Gasteiger partial charge is 0.364 e. The fourth-order valence-corrected chi connectivity index (χ4v) is 1.94. The van der Waals surface area contributed by atoms with Crippen LogP contribution in [0.2, 0.25) is 0 Å². The molecule has 0 atom stereocenters. The first-order chi connectivity index (χ1) is 12.2. The molecule has 0 bridgehead atoms. The van der Waals surface area contributed by atoms with E-state index in [1.54, 1.807) is 12.2 Å². The number of allylic oxidation sites excluding steroid dienone is 4. The van der Waals surface area contributed by atoms with Crippen LogP contribution >= 0.6 is 0 Å². The minimum absolute atomic E-state index is 0.0587. The third-order valence-corrected chi connectivity index (χ3v) is 3.07. The number of hydrogen-bond donors (Lipinski definition) is 0. The van der Waals surface area contributed by atoms with E-state index in [-0.39, 0.29) is 11.4 Å². The van der Waals surface area contributed by atoms with Gasteiger partial charge in [-0.1, -0.05) is 12.2 Å². The summed E-state index contributed by atoms with van der Waals surface area (Å²) in [4.78, 5) is 24.1. The van der Waals surface area contributed by atoms with Gasteiger partial charge in [0, 0.05) is 40.5 Å². The fourth-order valence-electron chi connectivity index (χ4n) is 1.94. The predicted molar refractivity (Wildman–Crippen MR) is 98.0 cm³/mol. The van der Waals surface area contributed by atoms with Gasteiger partial charge in [0.1, 0.15) is 5.82 Å². The molecular weight excluding hydrogens is 340 g/mol. The molecule has 0 aliphatic heterocycles. The molecule has 10 heteroatoms. The minimum Gasteiger partial charge on any atom is -0.364 e. The molecule has 0 N–H and O–H groups in total. The summed E-state index contributed by atoms with van der Waals surface area (Å²) in [7, 11) is 7.73. The van der Waals surface area contributed by atoms with E-state index in [2.05, 4.69) is 10.2 Å². The highest BCUT2D eigenvalue weighted by Crippen LogP contribution is 2.31. The fraction of sp³-hybridized carbons (Fsp3) is 0.250. The van der Waals surface area contributed by atoms with Crippen molar-refractivity contribution in [2.45, 2.75) is 0 Å². The molecule has 0 heterocycles. The van der Waals surface area contributed by atoms with Crippen LogP contribution in [0.4, 0.5) is 17.1 Å². The Morgan fingerprint density at radius 1 is 1.00 bits per heavy atom. The van der Waals surface area contributed by atoms with E-state index < -0.39 is 15.5 Å². The molecule has 0 fully saturated rings. The smallest absolute Gasteiger partial charge is 0.303 e. The van der Waals surface area contributed by atoms with Gasteiger partial charge in [0.05, 0.1) is 15.9 Å². The summed E-state index contributed by atoms with van der Waals surface area (Å²) in [6.45, 7) is 0. The van der Waals surface area contributed by atoms with Gasteiger partial charge in [-0.3, -0.25) is 20.2 Å². The van der Waals surface area contributed by atoms with Crippen LogP contribution in [-0.2, 0) is 0 Å². The summed E-state index contributed by atoms with van der Waals surface area (Å²) in [5, 5.41) is 29.1. The highest BCUT2D eigenvalue weighted by molar-refractivity contribution is 5.61. The number of nitro benzene ring substituents is 2. The van der Waals surface area contributed by atoms with Crippen molar-refractivity contribution in [3.63, 3.8) is 0 Å². The van der Waals surface area contributed by atoms with Gasteiger partial charge < -0.3 is 9.80 Å². The molecular formula is C16H20N6O4. The summed E-state index contributed by atoms with van der Waals surface area (Å²) < 4.78 is 0. The van der Waals surface area contributed by atoms with Crippen LogP contribution in [0.15, 0.2) is 64.8 Å². The Kier molecular flexibility index (Phi) is 7.62. The Hall–Kier alpha value is -3.56. The number of hydrogen-bond acceptors (Lipinski definition) is 8. The molecule has 0 spiro atoms. The number of nitrogens with zero attached hydrogens (tertiary/aromatic N) is 6. The van der Waals surface area contributed by atoms with Crippen LogP contribution in [0.3, 0.4) is 0 Å². The number of benzene rings is 1. The van der Waals surface area contributed by atoms with Crippen LogP contribution in [0, 0.1) is 20.2 Å². The number of rotatable bonds is 8. The molecule has 0 aliphatic carbocycles. The summed E-state index contributed by atoms with van der Waals surface area (Å²) in [5.74, 6) is 0.998. The second-order valence-corrected chi connectivity index (χ2v) is 5.44. The molecule has 0 aliphatic rings. The topological polar surface area (TPSA) is 117 Å². The Morgan fingerprint density at radius 3 is 2.19 bits per heavy atom. The standard InChI is InChI=1S/C16H20N6O4/c1-19(2)16(20(3)4)8-6-5-7-11-17-18-14-10-9-13(21(23)24)12-15(14)22(25)26/h5-12H,1-4H3/b6-5+,11-7+,18-17?. The third kappa shape index (κ3) is 6.15. The monoisotopic (exact) mass is 360 g/mol. The lowest BCUT2D eigenvalue weighted by atomic mass is 10.2. The van der Waals surface area contributed by atoms with Gasteiger partial charge >= 0.3 is 5.69 Å². The molecule has 138 valence electrons. The van der Waals surface area contributed by atoms with Crippen molar-refractivity contribution < 1.29 is 9.85 Å². The first-order valence-electron chi connectivity index (χ1n) is 7.46. The molecule has 10 nitrogen and oxygen atoms in total. The molecule has 0 aromatic heterocycles. The van der Waals surface area contributed by atoms with E-state index in [0.717, 1.165) is 18.0 Å². The lowest BCUT2D eigenvalue weighted by molar-refractivity contribution is -0.393. The van der Waals surface area contributed by atoms with Gasteiger partial charge in [0.25, 0.3) is 5.69 Å². The summed E-state index contributed by atoms with van der Waals surface area (Å²) >= 11 is 0. The molecule has 1 aromatic carbocycles. The molecule has 0 unspecified atom stereocenters. The van der Waals surface area contributed by atoms with Crippen LogP contribution in [0.25, 0.3) is 0 Å². The molecule has 0 saturated heterocycles. The summed E-state index contributed by atoms with van der Waals surface area (Å²) in [6, 6.07) is 3.18. The Labute approximate surface area is 150 Å². The maximum Gasteiger partial charge on any atom is 0.303 e. The van der Waals surface area contributed by atoms with Gasteiger partial charge in [-0.15, -0.1) is 5.11 Å². The summed E-state index contributed by atoms with van der Waals surface area (Å²) in [6.07, 6.45) is 8.43. The average Bonchev–Trinajstić information content (AvgIpc) is 2.56. The quantitative estimate of drug-likeness (QED) is 0.302. The van der Waals surface area contributed by atoms with Crippen molar-refractivity contribution in [2.75, 3.05) is 28.2 Å². The Balaban J connectivity index is 2.84. The van der Waals surface area contributed by atoms with Crippen LogP contribution < -0.4 is 0 Å². The van der Waals surface area contributed by atoms with E-state index >= 15 is 0 Å². The Morgan fingerprint density at radius 2 is 1.65 bits per heavy atom. The normalized spacial score (nSPS) is 11.2.